The van der Waals surface area contributed by atoms with Crippen molar-refractivity contribution in [1.29, 1.82) is 0 Å². The molecule has 4 aliphatic rings. The number of nitrogens with zero attached hydrogens (tertiary/aromatic N) is 1. The Hall–Kier alpha value is -3.92. The van der Waals surface area contributed by atoms with Crippen molar-refractivity contribution in [2.45, 2.75) is 50.7 Å². The first-order valence-electron chi connectivity index (χ1n) is 14.2. The summed E-state index contributed by atoms with van der Waals surface area (Å²) in [6, 6.07) is 25.5. The number of fused-ring (bicyclic) bond motifs is 3. The predicted octanol–water partition coefficient (Wildman–Crippen LogP) is 8.41. The molecule has 1 saturated carbocycles. The van der Waals surface area contributed by atoms with Gasteiger partial charge in [0.1, 0.15) is 17.2 Å². The van der Waals surface area contributed by atoms with E-state index in [0.717, 1.165) is 42.9 Å². The zero-order valence-corrected chi connectivity index (χ0v) is 22.8. The lowest BCUT2D eigenvalue weighted by atomic mass is 9.68. The molecule has 7 rings (SSSR count). The molecular formula is C35H35NO3. The number of allylic oxidation sites excluding steroid dienone is 2. The summed E-state index contributed by atoms with van der Waals surface area (Å²) in [7, 11) is 3.43. The van der Waals surface area contributed by atoms with Gasteiger partial charge in [0.25, 0.3) is 0 Å². The molecule has 0 amide bonds. The number of ether oxygens (including phenoxy) is 3. The van der Waals surface area contributed by atoms with Crippen LogP contribution < -0.4 is 19.1 Å². The van der Waals surface area contributed by atoms with E-state index in [2.05, 4.69) is 65.6 Å². The van der Waals surface area contributed by atoms with Crippen LogP contribution in [0.3, 0.4) is 0 Å². The molecule has 4 heteroatoms. The molecule has 2 aliphatic heterocycles. The quantitative estimate of drug-likeness (QED) is 0.348. The van der Waals surface area contributed by atoms with Crippen LogP contribution in [0, 0.1) is 5.92 Å². The topological polar surface area (TPSA) is 30.9 Å². The summed E-state index contributed by atoms with van der Waals surface area (Å²) < 4.78 is 18.0. The summed E-state index contributed by atoms with van der Waals surface area (Å²) in [4.78, 5) is 2.61. The number of rotatable bonds is 4. The molecule has 0 saturated heterocycles. The van der Waals surface area contributed by atoms with E-state index >= 15 is 0 Å². The lowest BCUT2D eigenvalue weighted by Gasteiger charge is -2.53. The summed E-state index contributed by atoms with van der Waals surface area (Å²) in [6.07, 6.45) is 12.7. The molecule has 2 aliphatic carbocycles. The third-order valence-electron chi connectivity index (χ3n) is 8.91. The van der Waals surface area contributed by atoms with E-state index in [-0.39, 0.29) is 0 Å². The second-order valence-corrected chi connectivity index (χ2v) is 11.1. The van der Waals surface area contributed by atoms with Crippen molar-refractivity contribution < 1.29 is 14.2 Å². The standard InChI is InChI=1S/C35H35NO3/c1-37-30-17-13-24(14-18-30)21-26-7-5-8-27-23-29-10-6-9-28(22-25-15-19-31(38-2)20-16-25)35(29)36(34(26)27)32-11-3-4-12-33(32)39-35/h3-4,11-22,29H,5-10,23H2,1-2H3/b26-21?,28-22+/t29-,35-/m0/s1. The number of hydrogen-bond donors (Lipinski definition) is 0. The molecule has 0 unspecified atom stereocenters. The smallest absolute Gasteiger partial charge is 0.213 e. The molecule has 3 aromatic rings. The van der Waals surface area contributed by atoms with Gasteiger partial charge < -0.3 is 14.2 Å². The van der Waals surface area contributed by atoms with Gasteiger partial charge in [-0.2, -0.15) is 0 Å². The highest BCUT2D eigenvalue weighted by Gasteiger charge is 2.59. The first-order chi connectivity index (χ1) is 19.2. The highest BCUT2D eigenvalue weighted by Crippen LogP contribution is 2.61. The second kappa shape index (κ2) is 9.68. The third kappa shape index (κ3) is 3.96. The van der Waals surface area contributed by atoms with Crippen molar-refractivity contribution in [1.82, 2.24) is 0 Å². The maximum atomic E-state index is 7.17. The van der Waals surface area contributed by atoms with Gasteiger partial charge in [0, 0.05) is 11.6 Å². The largest absolute Gasteiger partial charge is 0.497 e. The van der Waals surface area contributed by atoms with Gasteiger partial charge in [-0.1, -0.05) is 36.4 Å². The van der Waals surface area contributed by atoms with Crippen LogP contribution in [0.1, 0.15) is 56.1 Å². The molecule has 3 aromatic carbocycles. The average molecular weight is 518 g/mol. The number of methoxy groups -OCH3 is 2. The van der Waals surface area contributed by atoms with Crippen molar-refractivity contribution in [3.63, 3.8) is 0 Å². The molecule has 2 heterocycles. The summed E-state index contributed by atoms with van der Waals surface area (Å²) in [5, 5.41) is 0. The highest BCUT2D eigenvalue weighted by atomic mass is 16.5. The van der Waals surface area contributed by atoms with Gasteiger partial charge >= 0.3 is 0 Å². The van der Waals surface area contributed by atoms with Gasteiger partial charge in [-0.3, -0.25) is 4.90 Å². The minimum absolute atomic E-state index is 0.419. The van der Waals surface area contributed by atoms with Crippen LogP contribution in [0.2, 0.25) is 0 Å². The molecule has 0 aromatic heterocycles. The van der Waals surface area contributed by atoms with E-state index in [9.17, 15) is 0 Å². The van der Waals surface area contributed by atoms with Gasteiger partial charge in [0.15, 0.2) is 0 Å². The molecule has 1 fully saturated rings. The van der Waals surface area contributed by atoms with Crippen LogP contribution in [0.25, 0.3) is 12.2 Å². The lowest BCUT2D eigenvalue weighted by Crippen LogP contribution is -2.60. The Balaban J connectivity index is 1.39. The molecule has 198 valence electrons. The summed E-state index contributed by atoms with van der Waals surface area (Å²) in [5.74, 6) is 3.18. The zero-order valence-electron chi connectivity index (χ0n) is 22.8. The van der Waals surface area contributed by atoms with Crippen molar-refractivity contribution in [2.75, 3.05) is 19.1 Å². The van der Waals surface area contributed by atoms with Crippen molar-refractivity contribution in [3.05, 3.63) is 106 Å². The summed E-state index contributed by atoms with van der Waals surface area (Å²) in [5.41, 5.74) is 8.87. The van der Waals surface area contributed by atoms with E-state index in [1.165, 1.54) is 52.9 Å². The Bertz CT molecular complexity index is 1480. The second-order valence-electron chi connectivity index (χ2n) is 11.1. The van der Waals surface area contributed by atoms with Gasteiger partial charge in [-0.25, -0.2) is 0 Å². The van der Waals surface area contributed by atoms with Gasteiger partial charge in [-0.15, -0.1) is 0 Å². The van der Waals surface area contributed by atoms with Gasteiger partial charge in [0.2, 0.25) is 5.72 Å². The third-order valence-corrected chi connectivity index (χ3v) is 8.91. The Morgan fingerprint density at radius 2 is 1.49 bits per heavy atom. The molecule has 4 nitrogen and oxygen atoms in total. The van der Waals surface area contributed by atoms with Crippen molar-refractivity contribution in [3.8, 4) is 17.2 Å². The van der Waals surface area contributed by atoms with Crippen LogP contribution in [0.4, 0.5) is 5.69 Å². The highest BCUT2D eigenvalue weighted by molar-refractivity contribution is 5.78. The van der Waals surface area contributed by atoms with Crippen LogP contribution in [0.5, 0.6) is 17.2 Å². The molecule has 39 heavy (non-hydrogen) atoms. The molecule has 1 spiro atoms. The zero-order chi connectivity index (χ0) is 26.4. The van der Waals surface area contributed by atoms with E-state index < -0.39 is 5.72 Å². The van der Waals surface area contributed by atoms with Crippen LogP contribution in [-0.2, 0) is 0 Å². The summed E-state index contributed by atoms with van der Waals surface area (Å²) >= 11 is 0. The molecule has 0 radical (unpaired) electrons. The number of benzene rings is 3. The van der Waals surface area contributed by atoms with Crippen molar-refractivity contribution in [2.24, 2.45) is 5.92 Å². The Labute approximate surface area is 231 Å². The van der Waals surface area contributed by atoms with Gasteiger partial charge in [-0.05, 0) is 121 Å². The fourth-order valence-corrected chi connectivity index (χ4v) is 7.17. The normalized spacial score (nSPS) is 25.5. The minimum atomic E-state index is -0.489. The van der Waals surface area contributed by atoms with E-state index in [0.29, 0.717) is 5.92 Å². The van der Waals surface area contributed by atoms with Crippen LogP contribution in [-0.4, -0.2) is 19.9 Å². The van der Waals surface area contributed by atoms with Crippen LogP contribution >= 0.6 is 0 Å². The Morgan fingerprint density at radius 1 is 0.795 bits per heavy atom. The molecule has 0 bridgehead atoms. The first-order valence-corrected chi connectivity index (χ1v) is 14.2. The van der Waals surface area contributed by atoms with Gasteiger partial charge in [0.05, 0.1) is 19.9 Å². The van der Waals surface area contributed by atoms with Crippen molar-refractivity contribution >= 4 is 17.8 Å². The maximum absolute atomic E-state index is 7.17. The Morgan fingerprint density at radius 3 is 2.21 bits per heavy atom. The number of para-hydroxylation sites is 2. The van der Waals surface area contributed by atoms with E-state index in [4.69, 9.17) is 14.2 Å². The van der Waals surface area contributed by atoms with E-state index in [1.807, 2.05) is 24.3 Å². The molecular weight excluding hydrogens is 482 g/mol. The lowest BCUT2D eigenvalue weighted by molar-refractivity contribution is 0.0353. The SMILES string of the molecule is COc1ccc(C=C2CCCC3=C2N2c4ccccc4O[C@]24/C(=C/c2ccc(OC)cc2)CCC[C@H]4C3)cc1. The average Bonchev–Trinajstić information content (AvgIpc) is 3.33. The molecule has 0 N–H and O–H groups in total. The predicted molar refractivity (Wildman–Crippen MR) is 157 cm³/mol. The van der Waals surface area contributed by atoms with Crippen LogP contribution in [0.15, 0.2) is 95.2 Å². The number of hydrogen-bond acceptors (Lipinski definition) is 4. The fraction of sp³-hybridized carbons (Fsp3) is 0.314. The maximum Gasteiger partial charge on any atom is 0.213 e. The fourth-order valence-electron chi connectivity index (χ4n) is 7.17. The Kier molecular flexibility index (Phi) is 5.99. The monoisotopic (exact) mass is 517 g/mol. The minimum Gasteiger partial charge on any atom is -0.497 e. The van der Waals surface area contributed by atoms with E-state index in [1.54, 1.807) is 19.8 Å². The first kappa shape index (κ1) is 24.1. The number of anilines is 1. The summed E-state index contributed by atoms with van der Waals surface area (Å²) in [6.45, 7) is 0. The molecule has 2 atom stereocenters.